The van der Waals surface area contributed by atoms with Crippen LogP contribution in [0.25, 0.3) is 10.6 Å². The number of nitrogens with zero attached hydrogens (tertiary/aromatic N) is 1. The molecular formula is C22H25FN2OS. The fraction of sp³-hybridized carbons (Fsp3) is 0.545. The highest BCUT2D eigenvalue weighted by Crippen LogP contribution is 2.60. The first kappa shape index (κ1) is 17.4. The van der Waals surface area contributed by atoms with Crippen molar-refractivity contribution in [3.63, 3.8) is 0 Å². The van der Waals surface area contributed by atoms with Crippen LogP contribution >= 0.6 is 11.3 Å². The van der Waals surface area contributed by atoms with Crippen molar-refractivity contribution in [2.24, 2.45) is 23.2 Å². The Morgan fingerprint density at radius 2 is 1.74 bits per heavy atom. The van der Waals surface area contributed by atoms with Gasteiger partial charge in [-0.3, -0.25) is 4.79 Å². The van der Waals surface area contributed by atoms with Crippen LogP contribution in [0.2, 0.25) is 0 Å². The van der Waals surface area contributed by atoms with Gasteiger partial charge in [0.05, 0.1) is 5.69 Å². The number of aromatic nitrogens is 1. The van der Waals surface area contributed by atoms with Gasteiger partial charge in [0.2, 0.25) is 5.91 Å². The van der Waals surface area contributed by atoms with E-state index in [0.29, 0.717) is 6.54 Å². The molecule has 1 aromatic heterocycles. The fourth-order valence-corrected chi connectivity index (χ4v) is 6.89. The Balaban J connectivity index is 1.18. The lowest BCUT2D eigenvalue weighted by Crippen LogP contribution is -2.53. The predicted octanol–water partition coefficient (Wildman–Crippen LogP) is 4.82. The third-order valence-electron chi connectivity index (χ3n) is 6.83. The van der Waals surface area contributed by atoms with E-state index in [0.717, 1.165) is 59.7 Å². The molecule has 3 nitrogen and oxygen atoms in total. The van der Waals surface area contributed by atoms with Crippen LogP contribution in [0.15, 0.2) is 29.6 Å². The monoisotopic (exact) mass is 384 g/mol. The van der Waals surface area contributed by atoms with E-state index in [9.17, 15) is 9.18 Å². The minimum Gasteiger partial charge on any atom is -0.355 e. The number of amides is 1. The van der Waals surface area contributed by atoms with Gasteiger partial charge in [-0.25, -0.2) is 9.37 Å². The molecule has 4 saturated carbocycles. The maximum Gasteiger partial charge on any atom is 0.226 e. The van der Waals surface area contributed by atoms with Gasteiger partial charge < -0.3 is 5.32 Å². The van der Waals surface area contributed by atoms with Crippen LogP contribution in [-0.2, 0) is 11.2 Å². The molecule has 0 saturated heterocycles. The summed E-state index contributed by atoms with van der Waals surface area (Å²) >= 11 is 1.57. The van der Waals surface area contributed by atoms with Crippen LogP contribution in [0, 0.1) is 29.0 Å². The van der Waals surface area contributed by atoms with Gasteiger partial charge in [0.15, 0.2) is 0 Å². The molecule has 0 radical (unpaired) electrons. The van der Waals surface area contributed by atoms with Crippen LogP contribution in [-0.4, -0.2) is 17.4 Å². The minimum absolute atomic E-state index is 0.0733. The van der Waals surface area contributed by atoms with E-state index in [1.165, 1.54) is 31.4 Å². The number of halogens is 1. The molecule has 0 aliphatic heterocycles. The Morgan fingerprint density at radius 3 is 2.37 bits per heavy atom. The van der Waals surface area contributed by atoms with Crippen LogP contribution in [0.1, 0.15) is 44.2 Å². The lowest BCUT2D eigenvalue weighted by Gasteiger charge is -2.55. The average molecular weight is 385 g/mol. The van der Waals surface area contributed by atoms with Gasteiger partial charge in [0.1, 0.15) is 10.8 Å². The quantitative estimate of drug-likeness (QED) is 0.803. The van der Waals surface area contributed by atoms with E-state index in [-0.39, 0.29) is 17.1 Å². The Kier molecular flexibility index (Phi) is 4.30. The maximum absolute atomic E-state index is 13.1. The molecule has 1 heterocycles. The largest absolute Gasteiger partial charge is 0.355 e. The highest BCUT2D eigenvalue weighted by molar-refractivity contribution is 7.13. The van der Waals surface area contributed by atoms with Crippen molar-refractivity contribution >= 4 is 17.2 Å². The molecule has 1 amide bonds. The minimum atomic E-state index is -0.233. The van der Waals surface area contributed by atoms with Gasteiger partial charge in [-0.1, -0.05) is 0 Å². The summed E-state index contributed by atoms with van der Waals surface area (Å²) < 4.78 is 13.1. The summed E-state index contributed by atoms with van der Waals surface area (Å²) in [6.45, 7) is 0.646. The molecule has 142 valence electrons. The third-order valence-corrected chi connectivity index (χ3v) is 7.77. The van der Waals surface area contributed by atoms with Crippen molar-refractivity contribution in [3.8, 4) is 10.6 Å². The summed E-state index contributed by atoms with van der Waals surface area (Å²) in [5.41, 5.74) is 1.85. The SMILES string of the molecule is O=C(NCCc1csc(-c2ccc(F)cc2)n1)C12CC3CC(CC(C3)C1)C2. The molecule has 4 aliphatic rings. The second-order valence-corrected chi connectivity index (χ2v) is 9.71. The summed E-state index contributed by atoms with van der Waals surface area (Å²) in [6.07, 6.45) is 8.14. The zero-order valence-electron chi connectivity index (χ0n) is 15.4. The van der Waals surface area contributed by atoms with Gasteiger partial charge in [-0.2, -0.15) is 0 Å². The Labute approximate surface area is 163 Å². The number of hydrogen-bond donors (Lipinski definition) is 1. The maximum atomic E-state index is 13.1. The lowest BCUT2D eigenvalue weighted by atomic mass is 9.49. The lowest BCUT2D eigenvalue weighted by molar-refractivity contribution is -0.146. The van der Waals surface area contributed by atoms with Gasteiger partial charge in [-0.15, -0.1) is 11.3 Å². The molecule has 1 aromatic carbocycles. The summed E-state index contributed by atoms with van der Waals surface area (Å²) in [5.74, 6) is 2.43. The van der Waals surface area contributed by atoms with Crippen molar-refractivity contribution in [2.45, 2.75) is 44.9 Å². The number of thiazole rings is 1. The topological polar surface area (TPSA) is 42.0 Å². The van der Waals surface area contributed by atoms with E-state index >= 15 is 0 Å². The van der Waals surface area contributed by atoms with Crippen LogP contribution in [0.3, 0.4) is 0 Å². The molecular weight excluding hydrogens is 359 g/mol. The summed E-state index contributed by atoms with van der Waals surface area (Å²) in [7, 11) is 0. The molecule has 2 aromatic rings. The molecule has 0 atom stereocenters. The molecule has 0 spiro atoms. The van der Waals surface area contributed by atoms with E-state index in [1.54, 1.807) is 23.5 Å². The van der Waals surface area contributed by atoms with E-state index in [4.69, 9.17) is 0 Å². The number of carbonyl (C=O) groups is 1. The van der Waals surface area contributed by atoms with E-state index in [1.807, 2.05) is 5.38 Å². The summed E-state index contributed by atoms with van der Waals surface area (Å²) in [5, 5.41) is 6.16. The van der Waals surface area contributed by atoms with E-state index < -0.39 is 0 Å². The van der Waals surface area contributed by atoms with Crippen molar-refractivity contribution in [3.05, 3.63) is 41.2 Å². The first-order valence-electron chi connectivity index (χ1n) is 10.1. The summed E-state index contributed by atoms with van der Waals surface area (Å²) in [6, 6.07) is 6.43. The van der Waals surface area contributed by atoms with Crippen molar-refractivity contribution < 1.29 is 9.18 Å². The molecule has 6 rings (SSSR count). The predicted molar refractivity (Wildman–Crippen MR) is 105 cm³/mol. The van der Waals surface area contributed by atoms with Gasteiger partial charge in [-0.05, 0) is 80.5 Å². The molecule has 5 heteroatoms. The number of carbonyl (C=O) groups excluding carboxylic acids is 1. The van der Waals surface area contributed by atoms with Crippen LogP contribution in [0.5, 0.6) is 0 Å². The first-order valence-corrected chi connectivity index (χ1v) is 11.0. The zero-order chi connectivity index (χ0) is 18.4. The average Bonchev–Trinajstić information content (AvgIpc) is 3.10. The van der Waals surface area contributed by atoms with Crippen molar-refractivity contribution in [1.29, 1.82) is 0 Å². The Bertz CT molecular complexity index is 809. The van der Waals surface area contributed by atoms with Crippen LogP contribution in [0.4, 0.5) is 4.39 Å². The number of benzene rings is 1. The van der Waals surface area contributed by atoms with E-state index in [2.05, 4.69) is 10.3 Å². The highest BCUT2D eigenvalue weighted by Gasteiger charge is 2.54. The number of hydrogen-bond acceptors (Lipinski definition) is 3. The number of nitrogens with one attached hydrogen (secondary N) is 1. The van der Waals surface area contributed by atoms with Crippen LogP contribution < -0.4 is 5.32 Å². The van der Waals surface area contributed by atoms with Crippen molar-refractivity contribution in [1.82, 2.24) is 10.3 Å². The summed E-state index contributed by atoms with van der Waals surface area (Å²) in [4.78, 5) is 17.6. The molecule has 4 fully saturated rings. The Morgan fingerprint density at radius 1 is 1.11 bits per heavy atom. The highest BCUT2D eigenvalue weighted by atomic mass is 32.1. The molecule has 1 N–H and O–H groups in total. The van der Waals surface area contributed by atoms with Gasteiger partial charge >= 0.3 is 0 Å². The standard InChI is InChI=1S/C22H25FN2OS/c23-18-3-1-17(2-4-18)20-25-19(13-27-20)5-6-24-21(26)22-10-14-7-15(11-22)9-16(8-14)12-22/h1-4,13-16H,5-12H2,(H,24,26). The van der Waals surface area contributed by atoms with Crippen molar-refractivity contribution in [2.75, 3.05) is 6.54 Å². The van der Waals surface area contributed by atoms with Gasteiger partial charge in [0, 0.05) is 29.3 Å². The second kappa shape index (κ2) is 6.69. The molecule has 4 aliphatic carbocycles. The first-order chi connectivity index (χ1) is 13.1. The third kappa shape index (κ3) is 3.31. The second-order valence-electron chi connectivity index (χ2n) is 8.85. The zero-order valence-corrected chi connectivity index (χ0v) is 16.2. The Hall–Kier alpha value is -1.75. The molecule has 4 bridgehead atoms. The fourth-order valence-electron chi connectivity index (χ4n) is 6.03. The smallest absolute Gasteiger partial charge is 0.226 e. The molecule has 0 unspecified atom stereocenters. The normalized spacial score (nSPS) is 31.2. The van der Waals surface area contributed by atoms with Gasteiger partial charge in [0.25, 0.3) is 0 Å². The number of rotatable bonds is 5. The molecule has 27 heavy (non-hydrogen) atoms.